The SMILES string of the molecule is CC(C)(C(=O)O)C(=O)O.[BaH2]. The van der Waals surface area contributed by atoms with E-state index in [1.54, 1.807) is 0 Å². The molecule has 0 saturated carbocycles. The van der Waals surface area contributed by atoms with Gasteiger partial charge in [-0.3, -0.25) is 9.59 Å². The summed E-state index contributed by atoms with van der Waals surface area (Å²) in [4.78, 5) is 20.2. The molecule has 4 nitrogen and oxygen atoms in total. The zero-order valence-electron chi connectivity index (χ0n) is 5.21. The van der Waals surface area contributed by atoms with E-state index in [9.17, 15) is 9.59 Å². The first-order chi connectivity index (χ1) is 3.89. The Morgan fingerprint density at radius 3 is 1.30 bits per heavy atom. The number of carbonyl (C=O) groups is 2. The van der Waals surface area contributed by atoms with Crippen molar-refractivity contribution in [2.75, 3.05) is 0 Å². The number of aliphatic carboxylic acids is 2. The molecule has 0 aliphatic heterocycles. The molecule has 2 N–H and O–H groups in total. The minimum absolute atomic E-state index is 0. The van der Waals surface area contributed by atoms with E-state index in [1.165, 1.54) is 0 Å². The second kappa shape index (κ2) is 4.40. The van der Waals surface area contributed by atoms with Gasteiger partial charge in [0.25, 0.3) is 0 Å². The molecule has 0 saturated heterocycles. The van der Waals surface area contributed by atoms with E-state index in [-0.39, 0.29) is 48.9 Å². The fourth-order valence-electron chi connectivity index (χ4n) is 0.0915. The van der Waals surface area contributed by atoms with Crippen molar-refractivity contribution in [2.45, 2.75) is 13.8 Å². The average molecular weight is 271 g/mol. The molecule has 0 spiro atoms. The van der Waals surface area contributed by atoms with Crippen LogP contribution in [0.3, 0.4) is 0 Å². The van der Waals surface area contributed by atoms with Crippen LogP contribution < -0.4 is 0 Å². The van der Waals surface area contributed by atoms with E-state index in [0.717, 1.165) is 13.8 Å². The number of carboxylic acids is 2. The van der Waals surface area contributed by atoms with Crippen LogP contribution in [0.1, 0.15) is 13.8 Å². The van der Waals surface area contributed by atoms with Gasteiger partial charge in [-0.05, 0) is 13.8 Å². The Morgan fingerprint density at radius 2 is 1.30 bits per heavy atom. The zero-order chi connectivity index (χ0) is 7.65. The summed E-state index contributed by atoms with van der Waals surface area (Å²) in [5.74, 6) is -2.65. The van der Waals surface area contributed by atoms with Gasteiger partial charge in [0.15, 0.2) is 5.41 Å². The number of hydrogen-bond acceptors (Lipinski definition) is 2. The summed E-state index contributed by atoms with van der Waals surface area (Å²) in [5.41, 5.74) is -1.67. The molecule has 5 heteroatoms. The van der Waals surface area contributed by atoms with Crippen molar-refractivity contribution in [3.05, 3.63) is 0 Å². The summed E-state index contributed by atoms with van der Waals surface area (Å²) in [6, 6.07) is 0. The molecule has 0 rings (SSSR count). The summed E-state index contributed by atoms with van der Waals surface area (Å²) in [6.07, 6.45) is 0. The van der Waals surface area contributed by atoms with Crippen LogP contribution in [0.15, 0.2) is 0 Å². The number of hydrogen-bond donors (Lipinski definition) is 2. The van der Waals surface area contributed by atoms with Crippen molar-refractivity contribution in [1.82, 2.24) is 0 Å². The maximum atomic E-state index is 10.1. The molecule has 0 aromatic rings. The monoisotopic (exact) mass is 272 g/mol. The maximum absolute atomic E-state index is 10.1. The molecule has 0 aliphatic carbocycles. The van der Waals surface area contributed by atoms with Gasteiger partial charge in [0.1, 0.15) is 0 Å². The molecule has 56 valence electrons. The first kappa shape index (κ1) is 13.1. The van der Waals surface area contributed by atoms with Gasteiger partial charge in [0.2, 0.25) is 0 Å². The van der Waals surface area contributed by atoms with Crippen LogP contribution in [0.4, 0.5) is 0 Å². The quantitative estimate of drug-likeness (QED) is 0.513. The third-order valence-corrected chi connectivity index (χ3v) is 1.07. The van der Waals surface area contributed by atoms with Crippen LogP contribution in [0.2, 0.25) is 0 Å². The Labute approximate surface area is 98.7 Å². The van der Waals surface area contributed by atoms with E-state index < -0.39 is 17.4 Å². The standard InChI is InChI=1S/C5H8O4.Ba.2H/c1-5(2,3(6)7)4(8)9;;;/h1-2H3,(H,6,7)(H,8,9);;;. The van der Waals surface area contributed by atoms with Crippen molar-refractivity contribution in [3.63, 3.8) is 0 Å². The van der Waals surface area contributed by atoms with Gasteiger partial charge >= 0.3 is 60.8 Å². The summed E-state index contributed by atoms with van der Waals surface area (Å²) in [5, 5.41) is 16.5. The minimum atomic E-state index is -1.67. The third-order valence-electron chi connectivity index (χ3n) is 1.07. The second-order valence-corrected chi connectivity index (χ2v) is 2.24. The summed E-state index contributed by atoms with van der Waals surface area (Å²) < 4.78 is 0. The fourth-order valence-corrected chi connectivity index (χ4v) is 0.0915. The first-order valence-corrected chi connectivity index (χ1v) is 2.36. The molecule has 0 bridgehead atoms. The van der Waals surface area contributed by atoms with Crippen molar-refractivity contribution >= 4 is 60.8 Å². The van der Waals surface area contributed by atoms with E-state index in [0.29, 0.717) is 0 Å². The Bertz CT molecular complexity index is 136. The number of carboxylic acid groups (broad SMARTS) is 2. The molecule has 0 aromatic heterocycles. The van der Waals surface area contributed by atoms with Gasteiger partial charge in [0.05, 0.1) is 0 Å². The normalized spacial score (nSPS) is 9.80. The van der Waals surface area contributed by atoms with Crippen molar-refractivity contribution in [3.8, 4) is 0 Å². The summed E-state index contributed by atoms with van der Waals surface area (Å²) >= 11 is 0. The van der Waals surface area contributed by atoms with Gasteiger partial charge < -0.3 is 10.2 Å². The molecule has 0 aliphatic rings. The van der Waals surface area contributed by atoms with E-state index >= 15 is 0 Å². The molecular formula is C5H10BaO4. The van der Waals surface area contributed by atoms with Gasteiger partial charge in [-0.1, -0.05) is 0 Å². The molecule has 0 radical (unpaired) electrons. The van der Waals surface area contributed by atoms with Crippen molar-refractivity contribution in [2.24, 2.45) is 5.41 Å². The zero-order valence-corrected chi connectivity index (χ0v) is 5.21. The molecule has 0 fully saturated rings. The topological polar surface area (TPSA) is 74.6 Å². The number of rotatable bonds is 2. The molecule has 10 heavy (non-hydrogen) atoms. The predicted octanol–water partition coefficient (Wildman–Crippen LogP) is -0.734. The van der Waals surface area contributed by atoms with Crippen molar-refractivity contribution in [1.29, 1.82) is 0 Å². The summed E-state index contributed by atoms with van der Waals surface area (Å²) in [6.45, 7) is 2.27. The van der Waals surface area contributed by atoms with Crippen molar-refractivity contribution < 1.29 is 19.8 Å². The van der Waals surface area contributed by atoms with Crippen LogP contribution >= 0.6 is 0 Å². The van der Waals surface area contributed by atoms with E-state index in [4.69, 9.17) is 10.2 Å². The Kier molecular flexibility index (Phi) is 5.78. The van der Waals surface area contributed by atoms with E-state index in [2.05, 4.69) is 0 Å². The molecule has 0 atom stereocenters. The van der Waals surface area contributed by atoms with Gasteiger partial charge in [-0.15, -0.1) is 0 Å². The molecular weight excluding hydrogens is 261 g/mol. The summed E-state index contributed by atoms with van der Waals surface area (Å²) in [7, 11) is 0. The van der Waals surface area contributed by atoms with E-state index in [1.807, 2.05) is 0 Å². The van der Waals surface area contributed by atoms with Crippen LogP contribution in [0, 0.1) is 5.41 Å². The molecule has 0 amide bonds. The third kappa shape index (κ3) is 3.07. The van der Waals surface area contributed by atoms with Gasteiger partial charge in [-0.25, -0.2) is 0 Å². The van der Waals surface area contributed by atoms with Crippen LogP contribution in [0.5, 0.6) is 0 Å². The van der Waals surface area contributed by atoms with Gasteiger partial charge in [-0.2, -0.15) is 0 Å². The Morgan fingerprint density at radius 1 is 1.10 bits per heavy atom. The second-order valence-electron chi connectivity index (χ2n) is 2.24. The fraction of sp³-hybridized carbons (Fsp3) is 0.600. The van der Waals surface area contributed by atoms with Crippen LogP contribution in [-0.4, -0.2) is 71.0 Å². The van der Waals surface area contributed by atoms with Crippen LogP contribution in [0.25, 0.3) is 0 Å². The molecule has 0 heterocycles. The Hall–Kier alpha value is 0.511. The van der Waals surface area contributed by atoms with Gasteiger partial charge in [0, 0.05) is 0 Å². The van der Waals surface area contributed by atoms with Crippen LogP contribution in [-0.2, 0) is 9.59 Å². The molecule has 0 aromatic carbocycles. The first-order valence-electron chi connectivity index (χ1n) is 2.36. The molecule has 0 unspecified atom stereocenters. The Balaban J connectivity index is 0. The predicted molar refractivity (Wildman–Crippen MR) is 37.6 cm³/mol. The average Bonchev–Trinajstić information content (AvgIpc) is 1.65.